The highest BCUT2D eigenvalue weighted by Crippen LogP contribution is 2.16. The molecule has 0 unspecified atom stereocenters. The van der Waals surface area contributed by atoms with Crippen LogP contribution < -0.4 is 0 Å². The van der Waals surface area contributed by atoms with Crippen molar-refractivity contribution in [3.63, 3.8) is 0 Å². The lowest BCUT2D eigenvalue weighted by Crippen LogP contribution is -2.03. The van der Waals surface area contributed by atoms with Crippen molar-refractivity contribution in [3.05, 3.63) is 24.5 Å². The second-order valence-corrected chi connectivity index (χ2v) is 2.08. The van der Waals surface area contributed by atoms with Crippen LogP contribution in [0.3, 0.4) is 0 Å². The molecule has 0 atom stereocenters. The fraction of sp³-hybridized carbons (Fsp3) is 0.429. The van der Waals surface area contributed by atoms with Crippen LogP contribution in [-0.2, 0) is 4.74 Å². The van der Waals surface area contributed by atoms with Gasteiger partial charge in [-0.2, -0.15) is 0 Å². The SMILES string of the molecule is C=C1CCC(=C)OC1. The highest BCUT2D eigenvalue weighted by Gasteiger charge is 2.05. The minimum atomic E-state index is 0.679. The van der Waals surface area contributed by atoms with Crippen LogP contribution in [0.25, 0.3) is 0 Å². The lowest BCUT2D eigenvalue weighted by Gasteiger charge is -2.16. The van der Waals surface area contributed by atoms with Gasteiger partial charge in [-0.15, -0.1) is 0 Å². The first-order valence-corrected chi connectivity index (χ1v) is 2.76. The Kier molecular flexibility index (Phi) is 1.38. The van der Waals surface area contributed by atoms with Crippen molar-refractivity contribution in [2.24, 2.45) is 0 Å². The van der Waals surface area contributed by atoms with Gasteiger partial charge in [0.25, 0.3) is 0 Å². The van der Waals surface area contributed by atoms with Gasteiger partial charge in [-0.25, -0.2) is 0 Å². The van der Waals surface area contributed by atoms with Gasteiger partial charge in [-0.05, 0) is 12.0 Å². The van der Waals surface area contributed by atoms with Gasteiger partial charge >= 0.3 is 0 Å². The average molecular weight is 110 g/mol. The molecule has 1 heteroatoms. The Hall–Kier alpha value is -0.720. The Bertz CT molecular complexity index is 96.3. The molecule has 0 bridgehead atoms. The van der Waals surface area contributed by atoms with E-state index in [0.29, 0.717) is 6.61 Å². The molecular formula is C7H10O. The first-order chi connectivity index (χ1) is 3.79. The summed E-state index contributed by atoms with van der Waals surface area (Å²) in [4.78, 5) is 0. The molecule has 44 valence electrons. The van der Waals surface area contributed by atoms with E-state index in [1.807, 2.05) is 0 Å². The van der Waals surface area contributed by atoms with E-state index >= 15 is 0 Å². The number of hydrogen-bond donors (Lipinski definition) is 0. The number of ether oxygens (including phenoxy) is 1. The Balaban J connectivity index is 2.40. The summed E-state index contributed by atoms with van der Waals surface area (Å²) in [6.07, 6.45) is 2.01. The zero-order valence-corrected chi connectivity index (χ0v) is 4.94. The van der Waals surface area contributed by atoms with E-state index in [4.69, 9.17) is 4.74 Å². The van der Waals surface area contributed by atoms with E-state index in [1.54, 1.807) is 0 Å². The van der Waals surface area contributed by atoms with Gasteiger partial charge in [-0.3, -0.25) is 0 Å². The molecule has 1 nitrogen and oxygen atoms in total. The van der Waals surface area contributed by atoms with Crippen LogP contribution in [0, 0.1) is 0 Å². The summed E-state index contributed by atoms with van der Waals surface area (Å²) in [5, 5.41) is 0. The first-order valence-electron chi connectivity index (χ1n) is 2.76. The standard InChI is InChI=1S/C7H10O/c1-6-3-4-7(2)8-5-6/h1-5H2. The largest absolute Gasteiger partial charge is 0.494 e. The molecule has 1 saturated heterocycles. The molecule has 0 radical (unpaired) electrons. The molecule has 0 N–H and O–H groups in total. The van der Waals surface area contributed by atoms with Crippen molar-refractivity contribution in [2.75, 3.05) is 6.61 Å². The zero-order chi connectivity index (χ0) is 5.98. The minimum Gasteiger partial charge on any atom is -0.494 e. The summed E-state index contributed by atoms with van der Waals surface area (Å²) in [6.45, 7) is 8.15. The number of hydrogen-bond acceptors (Lipinski definition) is 1. The predicted octanol–water partition coefficient (Wildman–Crippen LogP) is 1.87. The van der Waals surface area contributed by atoms with Gasteiger partial charge in [0.15, 0.2) is 0 Å². The van der Waals surface area contributed by atoms with Crippen LogP contribution >= 0.6 is 0 Å². The van der Waals surface area contributed by atoms with Gasteiger partial charge in [0.2, 0.25) is 0 Å². The summed E-state index contributed by atoms with van der Waals surface area (Å²) in [5.41, 5.74) is 1.18. The second kappa shape index (κ2) is 2.03. The summed E-state index contributed by atoms with van der Waals surface area (Å²) >= 11 is 0. The molecule has 8 heavy (non-hydrogen) atoms. The summed E-state index contributed by atoms with van der Waals surface area (Å²) in [7, 11) is 0. The third-order valence-corrected chi connectivity index (χ3v) is 1.24. The van der Waals surface area contributed by atoms with Crippen LogP contribution in [-0.4, -0.2) is 6.61 Å². The monoisotopic (exact) mass is 110 g/mol. The lowest BCUT2D eigenvalue weighted by molar-refractivity contribution is 0.206. The quantitative estimate of drug-likeness (QED) is 0.432. The summed E-state index contributed by atoms with van der Waals surface area (Å²) in [6, 6.07) is 0. The molecule has 1 aliphatic rings. The van der Waals surface area contributed by atoms with Crippen LogP contribution in [0.1, 0.15) is 12.8 Å². The van der Waals surface area contributed by atoms with Gasteiger partial charge in [0, 0.05) is 6.42 Å². The Morgan fingerprint density at radius 1 is 1.25 bits per heavy atom. The average Bonchev–Trinajstić information content (AvgIpc) is 1.77. The maximum absolute atomic E-state index is 5.10. The third-order valence-electron chi connectivity index (χ3n) is 1.24. The van der Waals surface area contributed by atoms with Gasteiger partial charge in [-0.1, -0.05) is 13.2 Å². The van der Waals surface area contributed by atoms with Crippen LogP contribution in [0.15, 0.2) is 24.5 Å². The second-order valence-electron chi connectivity index (χ2n) is 2.08. The molecule has 1 aliphatic heterocycles. The summed E-state index contributed by atoms with van der Waals surface area (Å²) in [5.74, 6) is 0.900. The van der Waals surface area contributed by atoms with E-state index in [-0.39, 0.29) is 0 Å². The smallest absolute Gasteiger partial charge is 0.109 e. The van der Waals surface area contributed by atoms with E-state index < -0.39 is 0 Å². The van der Waals surface area contributed by atoms with E-state index in [0.717, 1.165) is 18.6 Å². The molecule has 0 saturated carbocycles. The van der Waals surface area contributed by atoms with Crippen molar-refractivity contribution in [3.8, 4) is 0 Å². The van der Waals surface area contributed by atoms with Crippen molar-refractivity contribution in [1.29, 1.82) is 0 Å². The van der Waals surface area contributed by atoms with Gasteiger partial charge < -0.3 is 4.74 Å². The molecular weight excluding hydrogens is 100 g/mol. The molecule has 0 spiro atoms. The fourth-order valence-corrected chi connectivity index (χ4v) is 0.665. The Labute approximate surface area is 49.7 Å². The first kappa shape index (κ1) is 5.42. The molecule has 1 heterocycles. The molecule has 0 aromatic carbocycles. The molecule has 1 rings (SSSR count). The maximum Gasteiger partial charge on any atom is 0.109 e. The predicted molar refractivity (Wildman–Crippen MR) is 33.5 cm³/mol. The highest BCUT2D eigenvalue weighted by atomic mass is 16.5. The number of allylic oxidation sites excluding steroid dienone is 1. The maximum atomic E-state index is 5.10. The van der Waals surface area contributed by atoms with E-state index in [9.17, 15) is 0 Å². The molecule has 0 amide bonds. The van der Waals surface area contributed by atoms with Crippen molar-refractivity contribution >= 4 is 0 Å². The highest BCUT2D eigenvalue weighted by molar-refractivity contribution is 5.03. The summed E-state index contributed by atoms with van der Waals surface area (Å²) < 4.78 is 5.10. The third kappa shape index (κ3) is 1.12. The van der Waals surface area contributed by atoms with Crippen LogP contribution in [0.2, 0.25) is 0 Å². The minimum absolute atomic E-state index is 0.679. The topological polar surface area (TPSA) is 9.23 Å². The van der Waals surface area contributed by atoms with Crippen LogP contribution in [0.4, 0.5) is 0 Å². The van der Waals surface area contributed by atoms with Gasteiger partial charge in [0.05, 0.1) is 5.76 Å². The van der Waals surface area contributed by atoms with Crippen molar-refractivity contribution < 1.29 is 4.74 Å². The van der Waals surface area contributed by atoms with E-state index in [2.05, 4.69) is 13.2 Å². The lowest BCUT2D eigenvalue weighted by atomic mass is 10.1. The van der Waals surface area contributed by atoms with E-state index in [1.165, 1.54) is 5.57 Å². The van der Waals surface area contributed by atoms with Crippen molar-refractivity contribution in [1.82, 2.24) is 0 Å². The fourth-order valence-electron chi connectivity index (χ4n) is 0.665. The number of rotatable bonds is 0. The van der Waals surface area contributed by atoms with Gasteiger partial charge in [0.1, 0.15) is 6.61 Å². The van der Waals surface area contributed by atoms with Crippen LogP contribution in [0.5, 0.6) is 0 Å². The Morgan fingerprint density at radius 3 is 2.38 bits per heavy atom. The molecule has 0 aromatic rings. The normalized spacial score (nSPS) is 20.5. The molecule has 0 aromatic heterocycles. The molecule has 1 fully saturated rings. The zero-order valence-electron chi connectivity index (χ0n) is 4.94. The van der Waals surface area contributed by atoms with Crippen molar-refractivity contribution in [2.45, 2.75) is 12.8 Å². The Morgan fingerprint density at radius 2 is 2.00 bits per heavy atom. The molecule has 0 aliphatic carbocycles.